The number of hydrogen-bond donors (Lipinski definition) is 2. The molecular weight excluding hydrogens is 358 g/mol. The van der Waals surface area contributed by atoms with Gasteiger partial charge in [-0.05, 0) is 43.5 Å². The number of para-hydroxylation sites is 2. The van der Waals surface area contributed by atoms with E-state index in [1.807, 2.05) is 66.7 Å². The maximum atomic E-state index is 12.3. The van der Waals surface area contributed by atoms with Gasteiger partial charge in [0.2, 0.25) is 11.8 Å². The van der Waals surface area contributed by atoms with E-state index < -0.39 is 0 Å². The monoisotopic (exact) mass is 385 g/mol. The smallest absolute Gasteiger partial charge is 0.238 e. The Morgan fingerprint density at radius 1 is 0.963 bits per heavy atom. The first-order chi connectivity index (χ1) is 13.0. The molecule has 2 amide bonds. The standard InChI is InChI=1S/C21H27N3O2S/c1-4-16-9-5-6-10-17(16)22-21(26)15-24(2)14-13-20(25)23-18-11-7-8-12-19(18)27-3/h5-12H,4,13-15H2,1-3H3,(H,22,26)(H,23,25). The molecule has 0 aliphatic rings. The van der Waals surface area contributed by atoms with Crippen molar-refractivity contribution in [2.24, 2.45) is 0 Å². The van der Waals surface area contributed by atoms with Gasteiger partial charge in [-0.25, -0.2) is 0 Å². The molecule has 5 nitrogen and oxygen atoms in total. The fraction of sp³-hybridized carbons (Fsp3) is 0.333. The third kappa shape index (κ3) is 6.73. The van der Waals surface area contributed by atoms with E-state index in [1.165, 1.54) is 0 Å². The molecule has 6 heteroatoms. The maximum absolute atomic E-state index is 12.3. The second kappa shape index (κ2) is 10.7. The third-order valence-electron chi connectivity index (χ3n) is 4.19. The van der Waals surface area contributed by atoms with Crippen LogP contribution in [-0.2, 0) is 16.0 Å². The van der Waals surface area contributed by atoms with Gasteiger partial charge < -0.3 is 10.6 Å². The fourth-order valence-corrected chi connectivity index (χ4v) is 3.27. The van der Waals surface area contributed by atoms with Crippen molar-refractivity contribution in [3.63, 3.8) is 0 Å². The summed E-state index contributed by atoms with van der Waals surface area (Å²) in [5.74, 6) is -0.133. The summed E-state index contributed by atoms with van der Waals surface area (Å²) in [6.07, 6.45) is 3.18. The number of aryl methyl sites for hydroxylation is 1. The highest BCUT2D eigenvalue weighted by Gasteiger charge is 2.11. The number of amides is 2. The lowest BCUT2D eigenvalue weighted by Crippen LogP contribution is -2.32. The number of nitrogens with one attached hydrogen (secondary N) is 2. The summed E-state index contributed by atoms with van der Waals surface area (Å²) >= 11 is 1.60. The van der Waals surface area contributed by atoms with E-state index >= 15 is 0 Å². The van der Waals surface area contributed by atoms with Gasteiger partial charge in [-0.15, -0.1) is 11.8 Å². The molecule has 144 valence electrons. The summed E-state index contributed by atoms with van der Waals surface area (Å²) in [6.45, 7) is 2.81. The zero-order valence-electron chi connectivity index (χ0n) is 16.1. The number of nitrogens with zero attached hydrogens (tertiary/aromatic N) is 1. The van der Waals surface area contributed by atoms with Crippen LogP contribution in [0.15, 0.2) is 53.4 Å². The van der Waals surface area contributed by atoms with Gasteiger partial charge in [0.05, 0.1) is 12.2 Å². The van der Waals surface area contributed by atoms with Gasteiger partial charge in [-0.2, -0.15) is 0 Å². The minimum Gasteiger partial charge on any atom is -0.325 e. The van der Waals surface area contributed by atoms with Gasteiger partial charge in [0.1, 0.15) is 0 Å². The van der Waals surface area contributed by atoms with E-state index in [0.717, 1.165) is 28.3 Å². The van der Waals surface area contributed by atoms with Gasteiger partial charge in [-0.1, -0.05) is 37.3 Å². The molecule has 0 heterocycles. The number of thioether (sulfide) groups is 1. The van der Waals surface area contributed by atoms with Crippen LogP contribution < -0.4 is 10.6 Å². The van der Waals surface area contributed by atoms with Crippen LogP contribution in [0.4, 0.5) is 11.4 Å². The average molecular weight is 386 g/mol. The van der Waals surface area contributed by atoms with Crippen LogP contribution in [0.25, 0.3) is 0 Å². The maximum Gasteiger partial charge on any atom is 0.238 e. The number of rotatable bonds is 9. The second-order valence-electron chi connectivity index (χ2n) is 6.30. The van der Waals surface area contributed by atoms with Crippen molar-refractivity contribution in [2.45, 2.75) is 24.7 Å². The molecule has 0 spiro atoms. The number of likely N-dealkylation sites (N-methyl/N-ethyl adjacent to an activating group) is 1. The van der Waals surface area contributed by atoms with Crippen LogP contribution in [0.1, 0.15) is 18.9 Å². The Morgan fingerprint density at radius 2 is 1.59 bits per heavy atom. The topological polar surface area (TPSA) is 61.4 Å². The summed E-state index contributed by atoms with van der Waals surface area (Å²) in [6, 6.07) is 15.5. The molecule has 0 unspecified atom stereocenters. The van der Waals surface area contributed by atoms with E-state index in [-0.39, 0.29) is 18.4 Å². The molecule has 0 radical (unpaired) electrons. The van der Waals surface area contributed by atoms with Gasteiger partial charge in [0, 0.05) is 23.5 Å². The summed E-state index contributed by atoms with van der Waals surface area (Å²) in [4.78, 5) is 27.3. The summed E-state index contributed by atoms with van der Waals surface area (Å²) < 4.78 is 0. The summed E-state index contributed by atoms with van der Waals surface area (Å²) in [5.41, 5.74) is 2.79. The van der Waals surface area contributed by atoms with Crippen molar-refractivity contribution >= 4 is 35.0 Å². The molecule has 0 saturated carbocycles. The quantitative estimate of drug-likeness (QED) is 0.643. The summed E-state index contributed by atoms with van der Waals surface area (Å²) in [5, 5.41) is 5.89. The number of anilines is 2. The molecule has 27 heavy (non-hydrogen) atoms. The van der Waals surface area contributed by atoms with Crippen molar-refractivity contribution in [3.8, 4) is 0 Å². The molecule has 0 aliphatic heterocycles. The number of hydrogen-bond acceptors (Lipinski definition) is 4. The first kappa shape index (κ1) is 21.0. The van der Waals surface area contributed by atoms with Crippen molar-refractivity contribution in [2.75, 3.05) is 37.0 Å². The highest BCUT2D eigenvalue weighted by atomic mass is 32.2. The van der Waals surface area contributed by atoms with E-state index in [9.17, 15) is 9.59 Å². The molecule has 0 fully saturated rings. The van der Waals surface area contributed by atoms with Crippen LogP contribution in [0.5, 0.6) is 0 Å². The fourth-order valence-electron chi connectivity index (χ4n) is 2.72. The molecule has 0 atom stereocenters. The largest absolute Gasteiger partial charge is 0.325 e. The number of carbonyl (C=O) groups is 2. The van der Waals surface area contributed by atoms with Gasteiger partial charge in [-0.3, -0.25) is 14.5 Å². The molecule has 2 aromatic carbocycles. The van der Waals surface area contributed by atoms with Gasteiger partial charge in [0.25, 0.3) is 0 Å². The Morgan fingerprint density at radius 3 is 2.30 bits per heavy atom. The Bertz CT molecular complexity index is 780. The van der Waals surface area contributed by atoms with Crippen LogP contribution in [-0.4, -0.2) is 43.1 Å². The van der Waals surface area contributed by atoms with Gasteiger partial charge in [0.15, 0.2) is 0 Å². The molecule has 2 N–H and O–H groups in total. The average Bonchev–Trinajstić information content (AvgIpc) is 2.67. The van der Waals surface area contributed by atoms with Crippen LogP contribution in [0, 0.1) is 0 Å². The normalized spacial score (nSPS) is 10.7. The lowest BCUT2D eigenvalue weighted by molar-refractivity contribution is -0.119. The molecule has 2 aromatic rings. The van der Waals surface area contributed by atoms with E-state index in [1.54, 1.807) is 11.8 Å². The Balaban J connectivity index is 1.79. The highest BCUT2D eigenvalue weighted by molar-refractivity contribution is 7.98. The zero-order chi connectivity index (χ0) is 19.6. The summed E-state index contributed by atoms with van der Waals surface area (Å²) in [7, 11) is 1.84. The van der Waals surface area contributed by atoms with Crippen molar-refractivity contribution in [1.29, 1.82) is 0 Å². The minimum absolute atomic E-state index is 0.0555. The van der Waals surface area contributed by atoms with E-state index in [0.29, 0.717) is 13.0 Å². The lowest BCUT2D eigenvalue weighted by atomic mass is 10.1. The van der Waals surface area contributed by atoms with Crippen LogP contribution >= 0.6 is 11.8 Å². The zero-order valence-corrected chi connectivity index (χ0v) is 16.9. The number of carbonyl (C=O) groups excluding carboxylic acids is 2. The highest BCUT2D eigenvalue weighted by Crippen LogP contribution is 2.24. The van der Waals surface area contributed by atoms with E-state index in [4.69, 9.17) is 0 Å². The Kier molecular flexibility index (Phi) is 8.36. The third-order valence-corrected chi connectivity index (χ3v) is 4.98. The van der Waals surface area contributed by atoms with Crippen molar-refractivity contribution in [1.82, 2.24) is 4.90 Å². The van der Waals surface area contributed by atoms with Crippen LogP contribution in [0.2, 0.25) is 0 Å². The van der Waals surface area contributed by atoms with Crippen molar-refractivity contribution < 1.29 is 9.59 Å². The van der Waals surface area contributed by atoms with Crippen molar-refractivity contribution in [3.05, 3.63) is 54.1 Å². The van der Waals surface area contributed by atoms with E-state index in [2.05, 4.69) is 17.6 Å². The molecule has 0 aromatic heterocycles. The predicted molar refractivity (Wildman–Crippen MR) is 113 cm³/mol. The molecular formula is C21H27N3O2S. The Labute approximate surface area is 165 Å². The SMILES string of the molecule is CCc1ccccc1NC(=O)CN(C)CCC(=O)Nc1ccccc1SC. The number of benzene rings is 2. The predicted octanol–water partition coefficient (Wildman–Crippen LogP) is 3.87. The van der Waals surface area contributed by atoms with Crippen LogP contribution in [0.3, 0.4) is 0 Å². The second-order valence-corrected chi connectivity index (χ2v) is 7.14. The minimum atomic E-state index is -0.0773. The molecule has 0 aliphatic carbocycles. The Hall–Kier alpha value is -2.31. The van der Waals surface area contributed by atoms with Gasteiger partial charge >= 0.3 is 0 Å². The molecule has 2 rings (SSSR count). The lowest BCUT2D eigenvalue weighted by Gasteiger charge is -2.17. The first-order valence-electron chi connectivity index (χ1n) is 9.02. The molecule has 0 bridgehead atoms. The molecule has 0 saturated heterocycles. The first-order valence-corrected chi connectivity index (χ1v) is 10.2.